The number of hydrogen-bond acceptors (Lipinski definition) is 9. The number of carbonyl (C=O) groups excluding carboxylic acids is 1. The van der Waals surface area contributed by atoms with Crippen molar-refractivity contribution in [2.24, 2.45) is 5.92 Å². The van der Waals surface area contributed by atoms with Crippen LogP contribution in [-0.4, -0.2) is 52.9 Å². The Morgan fingerprint density at radius 1 is 0.958 bits per heavy atom. The van der Waals surface area contributed by atoms with Crippen molar-refractivity contribution in [2.45, 2.75) is 19.4 Å². The van der Waals surface area contributed by atoms with Gasteiger partial charge in [0.2, 0.25) is 5.43 Å². The molecule has 0 saturated carbocycles. The van der Waals surface area contributed by atoms with Crippen LogP contribution in [0.1, 0.15) is 23.2 Å². The molecule has 0 aliphatic carbocycles. The number of nitrogens with zero attached hydrogens (tertiary/aromatic N) is 4. The molecule has 6 rings (SSSR count). The molecule has 0 spiro atoms. The highest BCUT2D eigenvalue weighted by Gasteiger charge is 2.21. The van der Waals surface area contributed by atoms with Crippen molar-refractivity contribution in [1.82, 2.24) is 19.5 Å². The monoisotopic (exact) mass is 714 g/mol. The van der Waals surface area contributed by atoms with Crippen LogP contribution in [0.5, 0.6) is 11.5 Å². The first-order valence-electron chi connectivity index (χ1n) is 15.1. The molecule has 246 valence electrons. The van der Waals surface area contributed by atoms with Gasteiger partial charge in [-0.15, -0.1) is 0 Å². The summed E-state index contributed by atoms with van der Waals surface area (Å²) in [5.74, 6) is 0.403. The molecule has 11 nitrogen and oxygen atoms in total. The third-order valence-corrected chi connectivity index (χ3v) is 8.56. The van der Waals surface area contributed by atoms with E-state index in [4.69, 9.17) is 19.9 Å². The lowest BCUT2D eigenvalue weighted by molar-refractivity contribution is 0.0612. The van der Waals surface area contributed by atoms with Gasteiger partial charge in [-0.1, -0.05) is 6.07 Å². The lowest BCUT2D eigenvalue weighted by atomic mass is 10.00. The highest BCUT2D eigenvalue weighted by molar-refractivity contribution is 9.10. The zero-order valence-corrected chi connectivity index (χ0v) is 27.8. The number of aromatic nitrogens is 4. The standard InChI is InChI=1S/C35H32BrFN6O5/c1-46-30-6-3-21(12-31(30)47-2)22-11-26(33(38)39-14-22)25-5-4-24(13-29(25)37)42-35(45)28-19-43(17-20-7-9-48-10-8-20)18-27(32(28)44)34-40-15-23(36)16-41-34/h3-6,11-16,18-20H,7-10,17H2,1-2H3,(H2,38,39)(H,42,45). The van der Waals surface area contributed by atoms with Crippen LogP contribution in [-0.2, 0) is 11.3 Å². The summed E-state index contributed by atoms with van der Waals surface area (Å²) < 4.78 is 34.4. The van der Waals surface area contributed by atoms with Crippen molar-refractivity contribution in [1.29, 1.82) is 0 Å². The summed E-state index contributed by atoms with van der Waals surface area (Å²) >= 11 is 3.31. The second kappa shape index (κ2) is 14.3. The zero-order chi connectivity index (χ0) is 33.8. The molecule has 1 fully saturated rings. The van der Waals surface area contributed by atoms with E-state index in [1.165, 1.54) is 30.7 Å². The van der Waals surface area contributed by atoms with Gasteiger partial charge in [0.1, 0.15) is 17.2 Å². The quantitative estimate of drug-likeness (QED) is 0.182. The molecule has 48 heavy (non-hydrogen) atoms. The van der Waals surface area contributed by atoms with Gasteiger partial charge >= 0.3 is 0 Å². The largest absolute Gasteiger partial charge is 0.493 e. The number of methoxy groups -OCH3 is 2. The maximum absolute atomic E-state index is 15.7. The molecule has 13 heteroatoms. The molecule has 0 radical (unpaired) electrons. The molecule has 1 amide bonds. The van der Waals surface area contributed by atoms with Crippen molar-refractivity contribution in [3.05, 3.63) is 99.5 Å². The SMILES string of the molecule is COc1ccc(-c2cnc(N)c(-c3ccc(NC(=O)c4cn(CC5CCOCC5)cc(-c5ncc(Br)cn5)c4=O)cc3F)c2)cc1OC. The second-order valence-electron chi connectivity index (χ2n) is 11.3. The predicted octanol–water partition coefficient (Wildman–Crippen LogP) is 6.21. The maximum atomic E-state index is 15.7. The molecule has 0 bridgehead atoms. The number of nitrogens with two attached hydrogens (primary N) is 1. The summed E-state index contributed by atoms with van der Waals surface area (Å²) in [7, 11) is 3.09. The Morgan fingerprint density at radius 2 is 1.71 bits per heavy atom. The Balaban J connectivity index is 1.29. The lowest BCUT2D eigenvalue weighted by Gasteiger charge is -2.23. The molecule has 2 aromatic carbocycles. The average Bonchev–Trinajstić information content (AvgIpc) is 3.10. The molecule has 4 heterocycles. The molecule has 3 N–H and O–H groups in total. The van der Waals surface area contributed by atoms with Gasteiger partial charge in [0.05, 0.1) is 24.3 Å². The number of anilines is 2. The third kappa shape index (κ3) is 7.06. The van der Waals surface area contributed by atoms with Crippen LogP contribution in [0, 0.1) is 11.7 Å². The molecular formula is C35H32BrFN6O5. The number of pyridine rings is 2. The van der Waals surface area contributed by atoms with E-state index in [2.05, 4.69) is 36.2 Å². The molecule has 0 unspecified atom stereocenters. The van der Waals surface area contributed by atoms with E-state index in [-0.39, 0.29) is 34.0 Å². The Hall–Kier alpha value is -5.14. The minimum Gasteiger partial charge on any atom is -0.493 e. The fraction of sp³-hybridized carbons (Fsp3) is 0.229. The van der Waals surface area contributed by atoms with Crippen LogP contribution >= 0.6 is 15.9 Å². The van der Waals surface area contributed by atoms with E-state index in [0.29, 0.717) is 52.8 Å². The Morgan fingerprint density at radius 3 is 2.42 bits per heavy atom. The zero-order valence-electron chi connectivity index (χ0n) is 26.2. The summed E-state index contributed by atoms with van der Waals surface area (Å²) in [6.45, 7) is 1.89. The number of benzene rings is 2. The summed E-state index contributed by atoms with van der Waals surface area (Å²) in [4.78, 5) is 40.0. The van der Waals surface area contributed by atoms with Crippen LogP contribution in [0.15, 0.2) is 82.7 Å². The number of carbonyl (C=O) groups is 1. The number of nitrogens with one attached hydrogen (secondary N) is 1. The smallest absolute Gasteiger partial charge is 0.261 e. The van der Waals surface area contributed by atoms with Gasteiger partial charge in [0.25, 0.3) is 5.91 Å². The van der Waals surface area contributed by atoms with Crippen LogP contribution < -0.4 is 26.0 Å². The minimum absolute atomic E-state index is 0.119. The van der Waals surface area contributed by atoms with Gasteiger partial charge in [-0.05, 0) is 76.7 Å². The molecular weight excluding hydrogens is 683 g/mol. The molecule has 3 aromatic heterocycles. The summed E-state index contributed by atoms with van der Waals surface area (Å²) in [5, 5.41) is 2.68. The summed E-state index contributed by atoms with van der Waals surface area (Å²) in [6.07, 6.45) is 9.57. The van der Waals surface area contributed by atoms with E-state index >= 15 is 4.39 Å². The Labute approximate surface area is 284 Å². The van der Waals surface area contributed by atoms with E-state index in [9.17, 15) is 9.59 Å². The molecule has 0 atom stereocenters. The fourth-order valence-electron chi connectivity index (χ4n) is 5.61. The maximum Gasteiger partial charge on any atom is 0.261 e. The van der Waals surface area contributed by atoms with Gasteiger partial charge < -0.3 is 29.8 Å². The first-order chi connectivity index (χ1) is 23.2. The van der Waals surface area contributed by atoms with E-state index in [1.54, 1.807) is 50.9 Å². The Bertz CT molecular complexity index is 2030. The second-order valence-corrected chi connectivity index (χ2v) is 12.2. The van der Waals surface area contributed by atoms with Crippen LogP contribution in [0.25, 0.3) is 33.6 Å². The van der Waals surface area contributed by atoms with Crippen LogP contribution in [0.4, 0.5) is 15.9 Å². The van der Waals surface area contributed by atoms with E-state index in [0.717, 1.165) is 18.4 Å². The molecule has 1 saturated heterocycles. The Kier molecular flexibility index (Phi) is 9.78. The minimum atomic E-state index is -0.691. The van der Waals surface area contributed by atoms with Gasteiger partial charge in [-0.3, -0.25) is 9.59 Å². The number of halogens is 2. The van der Waals surface area contributed by atoms with E-state index in [1.807, 2.05) is 10.6 Å². The van der Waals surface area contributed by atoms with E-state index < -0.39 is 17.2 Å². The van der Waals surface area contributed by atoms with Gasteiger partial charge in [0, 0.05) is 73.1 Å². The summed E-state index contributed by atoms with van der Waals surface area (Å²) in [6, 6.07) is 11.4. The van der Waals surface area contributed by atoms with Gasteiger partial charge in [-0.25, -0.2) is 19.3 Å². The van der Waals surface area contributed by atoms with Crippen molar-refractivity contribution < 1.29 is 23.4 Å². The van der Waals surface area contributed by atoms with Crippen LogP contribution in [0.2, 0.25) is 0 Å². The summed E-state index contributed by atoms with van der Waals surface area (Å²) in [5.41, 5.74) is 7.87. The lowest BCUT2D eigenvalue weighted by Crippen LogP contribution is -2.27. The number of hydrogen-bond donors (Lipinski definition) is 2. The number of nitrogen functional groups attached to an aromatic ring is 1. The van der Waals surface area contributed by atoms with Crippen molar-refractivity contribution in [3.63, 3.8) is 0 Å². The topological polar surface area (TPSA) is 143 Å². The van der Waals surface area contributed by atoms with Crippen molar-refractivity contribution in [2.75, 3.05) is 38.5 Å². The van der Waals surface area contributed by atoms with Crippen LogP contribution in [0.3, 0.4) is 0 Å². The molecule has 1 aliphatic heterocycles. The number of rotatable bonds is 9. The molecule has 5 aromatic rings. The average molecular weight is 716 g/mol. The normalized spacial score (nSPS) is 13.2. The highest BCUT2D eigenvalue weighted by Crippen LogP contribution is 2.36. The first kappa shape index (κ1) is 32.8. The fourth-order valence-corrected chi connectivity index (χ4v) is 5.82. The van der Waals surface area contributed by atoms with Gasteiger partial charge in [-0.2, -0.15) is 0 Å². The number of amides is 1. The predicted molar refractivity (Wildman–Crippen MR) is 184 cm³/mol. The highest BCUT2D eigenvalue weighted by atomic mass is 79.9. The van der Waals surface area contributed by atoms with Crippen molar-refractivity contribution in [3.8, 4) is 45.1 Å². The third-order valence-electron chi connectivity index (χ3n) is 8.15. The van der Waals surface area contributed by atoms with Crippen molar-refractivity contribution >= 4 is 33.3 Å². The molecule has 1 aliphatic rings. The number of ether oxygens (including phenoxy) is 3. The first-order valence-corrected chi connectivity index (χ1v) is 15.9. The van der Waals surface area contributed by atoms with Gasteiger partial charge in [0.15, 0.2) is 17.3 Å².